The van der Waals surface area contributed by atoms with Gasteiger partial charge in [-0.05, 0) is 49.6 Å². The van der Waals surface area contributed by atoms with Gasteiger partial charge in [-0.1, -0.05) is 25.1 Å². The zero-order chi connectivity index (χ0) is 23.5. The standard InChI is InChI=1S/C25H28N4O4/c1-5-15(2)33-25(30)21-22-24(28-18-9-7-6-8-17(18)27-22)29(23(21)26)13-12-16-10-11-19(31-3)20(14-16)32-4/h6-11,14-15H,5,12-13,26H2,1-4H3/t15-/m0/s1. The van der Waals surface area contributed by atoms with Crippen LogP contribution >= 0.6 is 0 Å². The summed E-state index contributed by atoms with van der Waals surface area (Å²) in [6, 6.07) is 13.3. The number of nitrogens with zero attached hydrogens (tertiary/aromatic N) is 3. The highest BCUT2D eigenvalue weighted by Crippen LogP contribution is 2.31. The molecule has 4 aromatic rings. The first-order valence-electron chi connectivity index (χ1n) is 10.9. The van der Waals surface area contributed by atoms with Crippen molar-refractivity contribution in [1.82, 2.24) is 14.5 Å². The maximum absolute atomic E-state index is 13.0. The van der Waals surface area contributed by atoms with E-state index in [9.17, 15) is 4.79 Å². The summed E-state index contributed by atoms with van der Waals surface area (Å²) in [6.07, 6.45) is 1.12. The number of aryl methyl sites for hydroxylation is 2. The largest absolute Gasteiger partial charge is 0.493 e. The Labute approximate surface area is 192 Å². The van der Waals surface area contributed by atoms with Crippen molar-refractivity contribution in [1.29, 1.82) is 0 Å². The van der Waals surface area contributed by atoms with Crippen molar-refractivity contribution in [3.63, 3.8) is 0 Å². The Kier molecular flexibility index (Phi) is 6.35. The fraction of sp³-hybridized carbons (Fsp3) is 0.320. The first kappa shape index (κ1) is 22.4. The molecule has 0 radical (unpaired) electrons. The fourth-order valence-electron chi connectivity index (χ4n) is 3.75. The van der Waals surface area contributed by atoms with Crippen LogP contribution in [-0.2, 0) is 17.7 Å². The number of benzene rings is 2. The van der Waals surface area contributed by atoms with E-state index in [0.717, 1.165) is 11.1 Å². The Morgan fingerprint density at radius 1 is 1.06 bits per heavy atom. The van der Waals surface area contributed by atoms with Gasteiger partial charge in [0.15, 0.2) is 17.1 Å². The number of aromatic nitrogens is 3. The lowest BCUT2D eigenvalue weighted by molar-refractivity contribution is 0.0338. The molecule has 0 saturated heterocycles. The molecule has 2 aromatic heterocycles. The van der Waals surface area contributed by atoms with Crippen molar-refractivity contribution in [3.05, 3.63) is 53.6 Å². The molecule has 2 heterocycles. The Bertz CT molecular complexity index is 1320. The summed E-state index contributed by atoms with van der Waals surface area (Å²) in [4.78, 5) is 22.5. The summed E-state index contributed by atoms with van der Waals surface area (Å²) in [5, 5.41) is 0. The predicted molar refractivity (Wildman–Crippen MR) is 128 cm³/mol. The van der Waals surface area contributed by atoms with Gasteiger partial charge in [0.2, 0.25) is 0 Å². The number of nitrogens with two attached hydrogens (primary N) is 1. The number of nitrogen functional groups attached to an aromatic ring is 1. The van der Waals surface area contributed by atoms with Gasteiger partial charge >= 0.3 is 5.97 Å². The van der Waals surface area contributed by atoms with E-state index >= 15 is 0 Å². The number of anilines is 1. The summed E-state index contributed by atoms with van der Waals surface area (Å²) in [5.41, 5.74) is 10.2. The van der Waals surface area contributed by atoms with Crippen LogP contribution in [0.2, 0.25) is 0 Å². The van der Waals surface area contributed by atoms with Gasteiger partial charge in [0.05, 0.1) is 31.4 Å². The lowest BCUT2D eigenvalue weighted by Crippen LogP contribution is -2.16. The maximum Gasteiger partial charge on any atom is 0.344 e. The number of esters is 1. The Morgan fingerprint density at radius 3 is 2.42 bits per heavy atom. The maximum atomic E-state index is 13.0. The van der Waals surface area contributed by atoms with Gasteiger partial charge in [0.1, 0.15) is 16.9 Å². The van der Waals surface area contributed by atoms with Crippen LogP contribution in [0.4, 0.5) is 5.82 Å². The zero-order valence-electron chi connectivity index (χ0n) is 19.3. The van der Waals surface area contributed by atoms with Crippen molar-refractivity contribution < 1.29 is 19.0 Å². The molecule has 4 rings (SSSR count). The van der Waals surface area contributed by atoms with Crippen LogP contribution in [0.25, 0.3) is 22.2 Å². The SMILES string of the molecule is CC[C@H](C)OC(=O)c1c(N)n(CCc2ccc(OC)c(OC)c2)c2nc3ccccc3nc12. The van der Waals surface area contributed by atoms with Crippen LogP contribution in [0.15, 0.2) is 42.5 Å². The molecule has 0 amide bonds. The Balaban J connectivity index is 1.77. The van der Waals surface area contributed by atoms with E-state index in [1.54, 1.807) is 14.2 Å². The van der Waals surface area contributed by atoms with E-state index in [1.807, 2.05) is 60.9 Å². The number of carbonyl (C=O) groups excluding carboxylic acids is 1. The van der Waals surface area contributed by atoms with Gasteiger partial charge in [-0.15, -0.1) is 0 Å². The van der Waals surface area contributed by atoms with Crippen molar-refractivity contribution in [3.8, 4) is 11.5 Å². The normalized spacial score (nSPS) is 12.1. The highest BCUT2D eigenvalue weighted by Gasteiger charge is 2.26. The second-order valence-corrected chi connectivity index (χ2v) is 7.86. The number of rotatable bonds is 8. The molecule has 0 aliphatic heterocycles. The second-order valence-electron chi connectivity index (χ2n) is 7.86. The minimum absolute atomic E-state index is 0.226. The second kappa shape index (κ2) is 9.36. The fourth-order valence-corrected chi connectivity index (χ4v) is 3.75. The predicted octanol–water partition coefficient (Wildman–Crippen LogP) is 4.38. The van der Waals surface area contributed by atoms with Crippen LogP contribution in [0.5, 0.6) is 11.5 Å². The smallest absolute Gasteiger partial charge is 0.344 e. The van der Waals surface area contributed by atoms with Crippen LogP contribution in [0.3, 0.4) is 0 Å². The molecule has 0 unspecified atom stereocenters. The summed E-state index contributed by atoms with van der Waals surface area (Å²) < 4.78 is 18.2. The van der Waals surface area contributed by atoms with Crippen molar-refractivity contribution in [2.75, 3.05) is 20.0 Å². The van der Waals surface area contributed by atoms with Crippen LogP contribution in [-0.4, -0.2) is 40.8 Å². The average Bonchev–Trinajstić information content (AvgIpc) is 3.10. The molecule has 0 spiro atoms. The minimum Gasteiger partial charge on any atom is -0.493 e. The highest BCUT2D eigenvalue weighted by atomic mass is 16.5. The van der Waals surface area contributed by atoms with E-state index in [1.165, 1.54) is 0 Å². The highest BCUT2D eigenvalue weighted by molar-refractivity contribution is 6.08. The molecule has 0 fully saturated rings. The molecule has 0 aliphatic carbocycles. The molecule has 8 nitrogen and oxygen atoms in total. The third kappa shape index (κ3) is 4.28. The topological polar surface area (TPSA) is 101 Å². The molecule has 0 aliphatic rings. The number of carbonyl (C=O) groups is 1. The molecule has 8 heteroatoms. The van der Waals surface area contributed by atoms with Crippen LogP contribution in [0.1, 0.15) is 36.2 Å². The van der Waals surface area contributed by atoms with Crippen molar-refractivity contribution in [2.45, 2.75) is 39.3 Å². The van der Waals surface area contributed by atoms with Crippen molar-refractivity contribution in [2.24, 2.45) is 0 Å². The Hall–Kier alpha value is -3.81. The molecule has 2 aromatic carbocycles. The number of para-hydroxylation sites is 2. The molecule has 172 valence electrons. The third-order valence-electron chi connectivity index (χ3n) is 5.75. The third-order valence-corrected chi connectivity index (χ3v) is 5.75. The summed E-state index contributed by atoms with van der Waals surface area (Å²) in [6.45, 7) is 4.31. The van der Waals surface area contributed by atoms with E-state index in [2.05, 4.69) is 0 Å². The molecule has 1 atom stereocenters. The lowest BCUT2D eigenvalue weighted by atomic mass is 10.1. The quantitative estimate of drug-likeness (QED) is 0.399. The van der Waals surface area contributed by atoms with Crippen molar-refractivity contribution >= 4 is 34.0 Å². The van der Waals surface area contributed by atoms with E-state index < -0.39 is 5.97 Å². The number of methoxy groups -OCH3 is 2. The first-order valence-corrected chi connectivity index (χ1v) is 10.9. The number of ether oxygens (including phenoxy) is 3. The summed E-state index contributed by atoms with van der Waals surface area (Å²) in [5.74, 6) is 1.14. The minimum atomic E-state index is -0.485. The molecule has 0 saturated carbocycles. The number of hydrogen-bond donors (Lipinski definition) is 1. The number of hydrogen-bond acceptors (Lipinski definition) is 7. The van der Waals surface area contributed by atoms with Gasteiger partial charge < -0.3 is 24.5 Å². The monoisotopic (exact) mass is 448 g/mol. The summed E-state index contributed by atoms with van der Waals surface area (Å²) >= 11 is 0. The summed E-state index contributed by atoms with van der Waals surface area (Å²) in [7, 11) is 3.21. The lowest BCUT2D eigenvalue weighted by Gasteiger charge is -2.12. The van der Waals surface area contributed by atoms with Crippen LogP contribution in [0, 0.1) is 0 Å². The first-order chi connectivity index (χ1) is 16.0. The van der Waals surface area contributed by atoms with Crippen LogP contribution < -0.4 is 15.2 Å². The molecular weight excluding hydrogens is 420 g/mol. The van der Waals surface area contributed by atoms with Gasteiger partial charge in [0.25, 0.3) is 0 Å². The average molecular weight is 449 g/mol. The number of fused-ring (bicyclic) bond motifs is 2. The van der Waals surface area contributed by atoms with Gasteiger partial charge in [-0.2, -0.15) is 0 Å². The molecule has 2 N–H and O–H groups in total. The van der Waals surface area contributed by atoms with Gasteiger partial charge in [0, 0.05) is 6.54 Å². The molecular formula is C25H28N4O4. The van der Waals surface area contributed by atoms with E-state index in [0.29, 0.717) is 53.4 Å². The van der Waals surface area contributed by atoms with E-state index in [4.69, 9.17) is 29.9 Å². The van der Waals surface area contributed by atoms with E-state index in [-0.39, 0.29) is 11.7 Å². The molecule has 0 bridgehead atoms. The van der Waals surface area contributed by atoms with Gasteiger partial charge in [-0.3, -0.25) is 0 Å². The van der Waals surface area contributed by atoms with Gasteiger partial charge in [-0.25, -0.2) is 14.8 Å². The Morgan fingerprint density at radius 2 is 1.76 bits per heavy atom. The molecule has 33 heavy (non-hydrogen) atoms. The zero-order valence-corrected chi connectivity index (χ0v) is 19.3.